The number of benzene rings is 2. The zero-order valence-corrected chi connectivity index (χ0v) is 17.7. The number of halogens is 2. The van der Waals surface area contributed by atoms with Gasteiger partial charge in [-0.25, -0.2) is 4.39 Å². The first-order chi connectivity index (χ1) is 13.6. The Balaban J connectivity index is 1.94. The fourth-order valence-electron chi connectivity index (χ4n) is 4.24. The zero-order valence-electron chi connectivity index (χ0n) is 17.0. The van der Waals surface area contributed by atoms with Gasteiger partial charge < -0.3 is 15.1 Å². The number of carbonyl (C=O) groups excluding carboxylic acids is 1. The third kappa shape index (κ3) is 4.63. The summed E-state index contributed by atoms with van der Waals surface area (Å²) < 4.78 is 14.2. The number of amides is 1. The standard InChI is InChI=1S/C23H27ClFNO3/c1-14-17-7-4-6-15(12-23(2,3)29)18(17)10-16(13-27)26(14)22(28)11-19-20(24)8-5-9-21(19)25/h4-9,14,16,27,29H,10-13H2,1-3H3/t14-,16+/m0/s1. The van der Waals surface area contributed by atoms with Crippen molar-refractivity contribution in [2.75, 3.05) is 6.61 Å². The molecule has 0 aliphatic carbocycles. The van der Waals surface area contributed by atoms with E-state index in [2.05, 4.69) is 0 Å². The van der Waals surface area contributed by atoms with Crippen molar-refractivity contribution in [3.63, 3.8) is 0 Å². The lowest BCUT2D eigenvalue weighted by Gasteiger charge is -2.42. The predicted octanol–water partition coefficient (Wildman–Crippen LogP) is 3.84. The summed E-state index contributed by atoms with van der Waals surface area (Å²) in [5.41, 5.74) is 2.38. The highest BCUT2D eigenvalue weighted by Crippen LogP contribution is 2.36. The van der Waals surface area contributed by atoms with E-state index in [0.29, 0.717) is 12.8 Å². The van der Waals surface area contributed by atoms with E-state index < -0.39 is 17.5 Å². The first kappa shape index (κ1) is 21.8. The van der Waals surface area contributed by atoms with Gasteiger partial charge in [-0.3, -0.25) is 4.79 Å². The van der Waals surface area contributed by atoms with Crippen molar-refractivity contribution in [3.05, 3.63) is 69.5 Å². The maximum Gasteiger partial charge on any atom is 0.228 e. The summed E-state index contributed by atoms with van der Waals surface area (Å²) in [7, 11) is 0. The number of aliphatic hydroxyl groups is 2. The Kier molecular flexibility index (Phi) is 6.32. The van der Waals surface area contributed by atoms with Crippen LogP contribution in [0.25, 0.3) is 0 Å². The SMILES string of the molecule is C[C@H]1c2cccc(CC(C)(C)O)c2C[C@H](CO)N1C(=O)Cc1c(F)cccc1Cl. The molecule has 29 heavy (non-hydrogen) atoms. The highest BCUT2D eigenvalue weighted by molar-refractivity contribution is 6.31. The highest BCUT2D eigenvalue weighted by Gasteiger charge is 2.36. The molecule has 156 valence electrons. The van der Waals surface area contributed by atoms with E-state index in [9.17, 15) is 19.4 Å². The number of hydrogen-bond acceptors (Lipinski definition) is 3. The van der Waals surface area contributed by atoms with Crippen LogP contribution in [0.15, 0.2) is 36.4 Å². The Morgan fingerprint density at radius 1 is 1.28 bits per heavy atom. The molecule has 2 atom stereocenters. The van der Waals surface area contributed by atoms with Crippen LogP contribution in [0.5, 0.6) is 0 Å². The average molecular weight is 420 g/mol. The molecule has 0 saturated heterocycles. The molecule has 2 N–H and O–H groups in total. The largest absolute Gasteiger partial charge is 0.394 e. The van der Waals surface area contributed by atoms with E-state index in [1.54, 1.807) is 24.8 Å². The molecule has 4 nitrogen and oxygen atoms in total. The summed E-state index contributed by atoms with van der Waals surface area (Å²) in [6, 6.07) is 9.53. The van der Waals surface area contributed by atoms with Gasteiger partial charge in [0.2, 0.25) is 5.91 Å². The molecule has 0 spiro atoms. The summed E-state index contributed by atoms with van der Waals surface area (Å²) >= 11 is 6.10. The van der Waals surface area contributed by atoms with Crippen molar-refractivity contribution < 1.29 is 19.4 Å². The van der Waals surface area contributed by atoms with Crippen molar-refractivity contribution in [2.24, 2.45) is 0 Å². The summed E-state index contributed by atoms with van der Waals surface area (Å²) in [4.78, 5) is 14.8. The second-order valence-corrected chi connectivity index (χ2v) is 8.78. The van der Waals surface area contributed by atoms with Gasteiger partial charge in [-0.05, 0) is 56.0 Å². The summed E-state index contributed by atoms with van der Waals surface area (Å²) in [5, 5.41) is 20.5. The fourth-order valence-corrected chi connectivity index (χ4v) is 4.47. The third-order valence-electron chi connectivity index (χ3n) is 5.52. The zero-order chi connectivity index (χ0) is 21.3. The fraction of sp³-hybridized carbons (Fsp3) is 0.435. The number of hydrogen-bond donors (Lipinski definition) is 2. The van der Waals surface area contributed by atoms with Gasteiger partial charge in [0.05, 0.1) is 30.7 Å². The smallest absolute Gasteiger partial charge is 0.228 e. The van der Waals surface area contributed by atoms with Gasteiger partial charge in [0.1, 0.15) is 5.82 Å². The molecule has 3 rings (SSSR count). The summed E-state index contributed by atoms with van der Waals surface area (Å²) in [6.07, 6.45) is 0.810. The number of rotatable bonds is 5. The van der Waals surface area contributed by atoms with Gasteiger partial charge in [-0.1, -0.05) is 35.9 Å². The van der Waals surface area contributed by atoms with E-state index in [1.165, 1.54) is 12.1 Å². The molecule has 0 saturated carbocycles. The van der Waals surface area contributed by atoms with Crippen LogP contribution < -0.4 is 0 Å². The van der Waals surface area contributed by atoms with E-state index in [4.69, 9.17) is 11.6 Å². The topological polar surface area (TPSA) is 60.8 Å². The highest BCUT2D eigenvalue weighted by atomic mass is 35.5. The summed E-state index contributed by atoms with van der Waals surface area (Å²) in [6.45, 7) is 5.24. The molecule has 0 radical (unpaired) electrons. The molecular weight excluding hydrogens is 393 g/mol. The molecule has 2 aromatic rings. The van der Waals surface area contributed by atoms with Gasteiger partial charge in [0.25, 0.3) is 0 Å². The Morgan fingerprint density at radius 3 is 2.59 bits per heavy atom. The molecule has 1 aliphatic rings. The molecular formula is C23H27ClFNO3. The van der Waals surface area contributed by atoms with Crippen molar-refractivity contribution in [3.8, 4) is 0 Å². The van der Waals surface area contributed by atoms with Gasteiger partial charge in [-0.15, -0.1) is 0 Å². The van der Waals surface area contributed by atoms with Crippen LogP contribution >= 0.6 is 11.6 Å². The molecule has 0 unspecified atom stereocenters. The van der Waals surface area contributed by atoms with Crippen LogP contribution in [0, 0.1) is 5.82 Å². The predicted molar refractivity (Wildman–Crippen MR) is 111 cm³/mol. The molecule has 0 aromatic heterocycles. The number of fused-ring (bicyclic) bond motifs is 1. The first-order valence-electron chi connectivity index (χ1n) is 9.80. The second-order valence-electron chi connectivity index (χ2n) is 8.37. The number of carbonyl (C=O) groups is 1. The Morgan fingerprint density at radius 2 is 1.97 bits per heavy atom. The van der Waals surface area contributed by atoms with Crippen LogP contribution in [0.3, 0.4) is 0 Å². The van der Waals surface area contributed by atoms with Crippen molar-refractivity contribution in [1.82, 2.24) is 4.90 Å². The minimum atomic E-state index is -0.860. The molecule has 0 bridgehead atoms. The van der Waals surface area contributed by atoms with Crippen LogP contribution in [-0.2, 0) is 24.1 Å². The minimum Gasteiger partial charge on any atom is -0.394 e. The Hall–Kier alpha value is -1.95. The van der Waals surface area contributed by atoms with Crippen LogP contribution in [0.4, 0.5) is 4.39 Å². The van der Waals surface area contributed by atoms with Crippen LogP contribution in [0.1, 0.15) is 49.1 Å². The van der Waals surface area contributed by atoms with Gasteiger partial charge >= 0.3 is 0 Å². The quantitative estimate of drug-likeness (QED) is 0.774. The van der Waals surface area contributed by atoms with E-state index in [0.717, 1.165) is 16.7 Å². The molecule has 1 aliphatic heterocycles. The monoisotopic (exact) mass is 419 g/mol. The minimum absolute atomic E-state index is 0.162. The van der Waals surface area contributed by atoms with Crippen molar-refractivity contribution in [1.29, 1.82) is 0 Å². The van der Waals surface area contributed by atoms with Crippen LogP contribution in [0.2, 0.25) is 5.02 Å². The normalized spacial score (nSPS) is 19.2. The van der Waals surface area contributed by atoms with E-state index >= 15 is 0 Å². The second kappa shape index (κ2) is 8.42. The van der Waals surface area contributed by atoms with E-state index in [1.807, 2.05) is 25.1 Å². The number of nitrogens with zero attached hydrogens (tertiary/aromatic N) is 1. The lowest BCUT2D eigenvalue weighted by Crippen LogP contribution is -2.49. The molecule has 1 heterocycles. The van der Waals surface area contributed by atoms with Gasteiger partial charge in [0, 0.05) is 17.0 Å². The lowest BCUT2D eigenvalue weighted by molar-refractivity contribution is -0.137. The summed E-state index contributed by atoms with van der Waals surface area (Å²) in [5.74, 6) is -0.786. The number of aliphatic hydroxyl groups excluding tert-OH is 1. The Labute approximate surface area is 175 Å². The van der Waals surface area contributed by atoms with E-state index in [-0.39, 0.29) is 35.6 Å². The average Bonchev–Trinajstić information content (AvgIpc) is 2.64. The van der Waals surface area contributed by atoms with Crippen molar-refractivity contribution in [2.45, 2.75) is 57.7 Å². The van der Waals surface area contributed by atoms with Crippen LogP contribution in [-0.4, -0.2) is 39.3 Å². The molecule has 0 fully saturated rings. The first-order valence-corrected chi connectivity index (χ1v) is 10.2. The molecule has 1 amide bonds. The van der Waals surface area contributed by atoms with Gasteiger partial charge in [0.15, 0.2) is 0 Å². The molecule has 2 aromatic carbocycles. The maximum atomic E-state index is 14.2. The lowest BCUT2D eigenvalue weighted by atomic mass is 9.83. The third-order valence-corrected chi connectivity index (χ3v) is 5.88. The molecule has 6 heteroatoms. The maximum absolute atomic E-state index is 14.2. The van der Waals surface area contributed by atoms with Gasteiger partial charge in [-0.2, -0.15) is 0 Å². The Bertz CT molecular complexity index is 889. The van der Waals surface area contributed by atoms with Crippen molar-refractivity contribution >= 4 is 17.5 Å².